The van der Waals surface area contributed by atoms with E-state index in [9.17, 15) is 18.0 Å². The fourth-order valence-corrected chi connectivity index (χ4v) is 2.80. The largest absolute Gasteiger partial charge is 0.422 e. The van der Waals surface area contributed by atoms with Crippen LogP contribution < -0.4 is 5.63 Å². The number of alkyl halides is 3. The second-order valence-electron chi connectivity index (χ2n) is 6.06. The van der Waals surface area contributed by atoms with Gasteiger partial charge in [0.15, 0.2) is 0 Å². The van der Waals surface area contributed by atoms with Crippen LogP contribution in [0.15, 0.2) is 33.5 Å². The minimum absolute atomic E-state index is 0.0699. The summed E-state index contributed by atoms with van der Waals surface area (Å²) < 4.78 is 50.8. The molecule has 0 aliphatic carbocycles. The van der Waals surface area contributed by atoms with Crippen LogP contribution >= 0.6 is 0 Å². The van der Waals surface area contributed by atoms with Gasteiger partial charge in [-0.1, -0.05) is 57.2 Å². The van der Waals surface area contributed by atoms with E-state index in [1.165, 1.54) is 30.7 Å². The molecule has 1 heterocycles. The first-order valence-electron chi connectivity index (χ1n) is 8.64. The fraction of sp³-hybridized carbons (Fsp3) is 0.526. The number of hydrogen-bond donors (Lipinski definition) is 0. The quantitative estimate of drug-likeness (QED) is 0.428. The van der Waals surface area contributed by atoms with Gasteiger partial charge in [0.25, 0.3) is 0 Å². The molecule has 0 atom stereocenters. The van der Waals surface area contributed by atoms with Crippen LogP contribution in [0.25, 0.3) is 11.0 Å². The van der Waals surface area contributed by atoms with Gasteiger partial charge in [-0.15, -0.1) is 0 Å². The highest BCUT2D eigenvalue weighted by Crippen LogP contribution is 2.36. The molecule has 0 amide bonds. The Bertz CT molecular complexity index is 735. The molecular formula is C19H23F3O3. The van der Waals surface area contributed by atoms with Gasteiger partial charge in [-0.25, -0.2) is 4.79 Å². The maximum Gasteiger partial charge on any atom is 0.417 e. The molecule has 6 heteroatoms. The van der Waals surface area contributed by atoms with Gasteiger partial charge in [0.05, 0.1) is 17.7 Å². The first-order chi connectivity index (χ1) is 11.9. The molecule has 3 nitrogen and oxygen atoms in total. The summed E-state index contributed by atoms with van der Waals surface area (Å²) in [6, 6.07) is 5.67. The summed E-state index contributed by atoms with van der Waals surface area (Å²) in [4.78, 5) is 12.0. The van der Waals surface area contributed by atoms with Gasteiger partial charge in [0.2, 0.25) is 0 Å². The predicted molar refractivity (Wildman–Crippen MR) is 90.5 cm³/mol. The lowest BCUT2D eigenvalue weighted by Crippen LogP contribution is -2.19. The Morgan fingerprint density at radius 3 is 2.44 bits per heavy atom. The van der Waals surface area contributed by atoms with Crippen molar-refractivity contribution < 1.29 is 22.3 Å². The Hall–Kier alpha value is -1.82. The number of para-hydroxylation sites is 1. The van der Waals surface area contributed by atoms with Crippen LogP contribution in [-0.2, 0) is 17.5 Å². The summed E-state index contributed by atoms with van der Waals surface area (Å²) in [6.07, 6.45) is 1.69. The number of rotatable bonds is 9. The number of halogens is 3. The zero-order chi connectivity index (χ0) is 18.3. The Labute approximate surface area is 144 Å². The lowest BCUT2D eigenvalue weighted by molar-refractivity contribution is -0.137. The molecule has 25 heavy (non-hydrogen) atoms. The van der Waals surface area contributed by atoms with Crippen molar-refractivity contribution in [2.45, 2.75) is 58.2 Å². The van der Waals surface area contributed by atoms with Crippen molar-refractivity contribution in [3.63, 3.8) is 0 Å². The Morgan fingerprint density at radius 1 is 1.04 bits per heavy atom. The topological polar surface area (TPSA) is 39.4 Å². The SMILES string of the molecule is CCCCCCCCOCc1c(C(F)(F)F)c2ccccc2oc1=O. The molecule has 1 aromatic heterocycles. The third-order valence-corrected chi connectivity index (χ3v) is 4.08. The molecule has 2 rings (SSSR count). The fourth-order valence-electron chi connectivity index (χ4n) is 2.80. The van der Waals surface area contributed by atoms with Gasteiger partial charge in [-0.2, -0.15) is 13.2 Å². The van der Waals surface area contributed by atoms with E-state index in [0.29, 0.717) is 6.61 Å². The highest BCUT2D eigenvalue weighted by Gasteiger charge is 2.37. The maximum absolute atomic E-state index is 13.5. The van der Waals surface area contributed by atoms with E-state index in [2.05, 4.69) is 6.92 Å². The molecule has 0 saturated carbocycles. The molecule has 0 unspecified atom stereocenters. The summed E-state index contributed by atoms with van der Waals surface area (Å²) in [5, 5.41) is -0.118. The second kappa shape index (κ2) is 9.04. The molecule has 0 spiro atoms. The molecule has 0 N–H and O–H groups in total. The number of ether oxygens (including phenoxy) is 1. The number of fused-ring (bicyclic) bond motifs is 1. The zero-order valence-corrected chi connectivity index (χ0v) is 14.3. The summed E-state index contributed by atoms with van der Waals surface area (Å²) in [5.41, 5.74) is -2.48. The lowest BCUT2D eigenvalue weighted by Gasteiger charge is -2.14. The van der Waals surface area contributed by atoms with Crippen molar-refractivity contribution in [3.8, 4) is 0 Å². The van der Waals surface area contributed by atoms with E-state index in [-0.39, 0.29) is 11.0 Å². The minimum atomic E-state index is -4.64. The Kier molecular flexibility index (Phi) is 7.05. The van der Waals surface area contributed by atoms with Crippen LogP contribution in [0.5, 0.6) is 0 Å². The zero-order valence-electron chi connectivity index (χ0n) is 14.3. The summed E-state index contributed by atoms with van der Waals surface area (Å²) >= 11 is 0. The van der Waals surface area contributed by atoms with E-state index < -0.39 is 29.5 Å². The van der Waals surface area contributed by atoms with Crippen molar-refractivity contribution in [2.24, 2.45) is 0 Å². The number of unbranched alkanes of at least 4 members (excludes halogenated alkanes) is 5. The van der Waals surface area contributed by atoms with E-state index in [1.54, 1.807) is 0 Å². The standard InChI is InChI=1S/C19H23F3O3/c1-2-3-4-5-6-9-12-24-13-15-17(19(20,21)22)14-10-7-8-11-16(14)25-18(15)23/h7-8,10-11H,2-6,9,12-13H2,1H3. The summed E-state index contributed by atoms with van der Waals surface area (Å²) in [5.74, 6) is 0. The summed E-state index contributed by atoms with van der Waals surface area (Å²) in [7, 11) is 0. The van der Waals surface area contributed by atoms with E-state index in [1.807, 2.05) is 0 Å². The smallest absolute Gasteiger partial charge is 0.417 e. The van der Waals surface area contributed by atoms with Crippen LogP contribution in [0, 0.1) is 0 Å². The van der Waals surface area contributed by atoms with E-state index >= 15 is 0 Å². The molecule has 0 aliphatic heterocycles. The van der Waals surface area contributed by atoms with E-state index in [0.717, 1.165) is 32.1 Å². The predicted octanol–water partition coefficient (Wildman–Crippen LogP) is 5.69. The Morgan fingerprint density at radius 2 is 1.72 bits per heavy atom. The van der Waals surface area contributed by atoms with Gasteiger partial charge in [0.1, 0.15) is 5.58 Å². The third-order valence-electron chi connectivity index (χ3n) is 4.08. The first kappa shape index (κ1) is 19.5. The number of benzene rings is 1. The molecule has 0 bridgehead atoms. The molecule has 0 aliphatic rings. The normalized spacial score (nSPS) is 12.0. The molecular weight excluding hydrogens is 333 g/mol. The average Bonchev–Trinajstić information content (AvgIpc) is 2.56. The molecule has 0 radical (unpaired) electrons. The van der Waals surface area contributed by atoms with E-state index in [4.69, 9.17) is 9.15 Å². The molecule has 0 fully saturated rings. The van der Waals surface area contributed by atoms with Crippen molar-refractivity contribution >= 4 is 11.0 Å². The summed E-state index contributed by atoms with van der Waals surface area (Å²) in [6.45, 7) is 2.07. The van der Waals surface area contributed by atoms with Crippen LogP contribution in [-0.4, -0.2) is 6.61 Å². The van der Waals surface area contributed by atoms with Crippen LogP contribution in [0.1, 0.15) is 56.6 Å². The van der Waals surface area contributed by atoms with Crippen molar-refractivity contribution in [3.05, 3.63) is 45.8 Å². The van der Waals surface area contributed by atoms with Crippen molar-refractivity contribution in [1.29, 1.82) is 0 Å². The highest BCUT2D eigenvalue weighted by molar-refractivity contribution is 5.81. The van der Waals surface area contributed by atoms with Gasteiger partial charge < -0.3 is 9.15 Å². The second-order valence-corrected chi connectivity index (χ2v) is 6.06. The van der Waals surface area contributed by atoms with Crippen LogP contribution in [0.3, 0.4) is 0 Å². The maximum atomic E-state index is 13.5. The molecule has 2 aromatic rings. The highest BCUT2D eigenvalue weighted by atomic mass is 19.4. The first-order valence-corrected chi connectivity index (χ1v) is 8.64. The number of hydrogen-bond acceptors (Lipinski definition) is 3. The minimum Gasteiger partial charge on any atom is -0.422 e. The van der Waals surface area contributed by atoms with Gasteiger partial charge in [-0.3, -0.25) is 0 Å². The monoisotopic (exact) mass is 356 g/mol. The van der Waals surface area contributed by atoms with Gasteiger partial charge >= 0.3 is 11.8 Å². The van der Waals surface area contributed by atoms with Crippen LogP contribution in [0.4, 0.5) is 13.2 Å². The lowest BCUT2D eigenvalue weighted by atomic mass is 10.0. The molecule has 138 valence electrons. The molecule has 0 saturated heterocycles. The van der Waals surface area contributed by atoms with Gasteiger partial charge in [0, 0.05) is 12.0 Å². The van der Waals surface area contributed by atoms with Crippen LogP contribution in [0.2, 0.25) is 0 Å². The average molecular weight is 356 g/mol. The van der Waals surface area contributed by atoms with Gasteiger partial charge in [-0.05, 0) is 12.5 Å². The van der Waals surface area contributed by atoms with Crippen molar-refractivity contribution in [1.82, 2.24) is 0 Å². The van der Waals surface area contributed by atoms with Crippen molar-refractivity contribution in [2.75, 3.05) is 6.61 Å². The Balaban J connectivity index is 2.07. The third kappa shape index (κ3) is 5.33. The molecule has 1 aromatic carbocycles.